The van der Waals surface area contributed by atoms with Crippen molar-refractivity contribution in [3.63, 3.8) is 0 Å². The summed E-state index contributed by atoms with van der Waals surface area (Å²) in [6, 6.07) is 24.5. The van der Waals surface area contributed by atoms with E-state index in [4.69, 9.17) is 4.74 Å². The van der Waals surface area contributed by atoms with Gasteiger partial charge in [0.05, 0.1) is 17.4 Å². The third-order valence-electron chi connectivity index (χ3n) is 8.95. The molecule has 7 rings (SSSR count). The fourth-order valence-electron chi connectivity index (χ4n) is 7.22. The Morgan fingerprint density at radius 1 is 0.952 bits per heavy atom. The van der Waals surface area contributed by atoms with Gasteiger partial charge in [0.15, 0.2) is 5.78 Å². The third-order valence-corrected chi connectivity index (χ3v) is 8.95. The summed E-state index contributed by atoms with van der Waals surface area (Å²) in [6.45, 7) is -0.125. The third kappa shape index (κ3) is 3.32. The number of Topliss-reactive ketones (excluding diaryl/α,β-unsaturated/α-hetero) is 1. The molecule has 0 aliphatic carbocycles. The van der Waals surface area contributed by atoms with Gasteiger partial charge in [0.2, 0.25) is 0 Å². The minimum Gasteiger partial charge on any atom is -0.497 e. The first kappa shape index (κ1) is 25.8. The predicted molar refractivity (Wildman–Crippen MR) is 153 cm³/mol. The predicted octanol–water partition coefficient (Wildman–Crippen LogP) is 5.31. The van der Waals surface area contributed by atoms with Crippen molar-refractivity contribution in [1.29, 1.82) is 0 Å². The Kier molecular flexibility index (Phi) is 5.67. The first-order valence-corrected chi connectivity index (χ1v) is 13.5. The molecule has 0 radical (unpaired) electrons. The Balaban J connectivity index is 1.57. The summed E-state index contributed by atoms with van der Waals surface area (Å²) in [5.41, 5.74) is -1.06. The number of nitrogens with zero attached hydrogens (tertiary/aromatic N) is 1. The van der Waals surface area contributed by atoms with E-state index in [0.717, 1.165) is 11.1 Å². The zero-order valence-electron chi connectivity index (χ0n) is 22.4. The standard InChI is InChI=1S/C32H25FN4O5/c1-42-21-13-10-18(11-14-21)26-27(19-6-3-2-4-7-19)36-32(23-16-20(33)12-15-24(23)35-30(32)39)31(26)17-34-28-22(29(31)38)8-5-9-25(28)37(40)41/h2-16,26-27,34,36H,17H2,1H3,(H,35,39)/t26-,27-,31-,32-/m0/s1. The van der Waals surface area contributed by atoms with Crippen LogP contribution in [0.5, 0.6) is 5.75 Å². The Labute approximate surface area is 239 Å². The Hall–Kier alpha value is -5.09. The van der Waals surface area contributed by atoms with Crippen LogP contribution < -0.4 is 20.7 Å². The summed E-state index contributed by atoms with van der Waals surface area (Å²) < 4.78 is 20.3. The molecule has 1 saturated heterocycles. The van der Waals surface area contributed by atoms with E-state index >= 15 is 4.79 Å². The fraction of sp³-hybridized carbons (Fsp3) is 0.188. The number of methoxy groups -OCH3 is 1. The van der Waals surface area contributed by atoms with Gasteiger partial charge in [-0.2, -0.15) is 0 Å². The van der Waals surface area contributed by atoms with Gasteiger partial charge in [0.25, 0.3) is 11.6 Å². The second kappa shape index (κ2) is 9.22. The number of ether oxygens (including phenoxy) is 1. The van der Waals surface area contributed by atoms with Crippen molar-refractivity contribution in [2.75, 3.05) is 24.3 Å². The number of ketones is 1. The minimum atomic E-state index is -1.72. The maximum atomic E-state index is 15.1. The topological polar surface area (TPSA) is 123 Å². The van der Waals surface area contributed by atoms with Gasteiger partial charge in [0.1, 0.15) is 22.8 Å². The van der Waals surface area contributed by atoms with Gasteiger partial charge in [-0.15, -0.1) is 0 Å². The summed E-state index contributed by atoms with van der Waals surface area (Å²) in [6.07, 6.45) is 0. The lowest BCUT2D eigenvalue weighted by Gasteiger charge is -2.46. The average Bonchev–Trinajstić information content (AvgIpc) is 3.47. The maximum Gasteiger partial charge on any atom is 0.293 e. The maximum absolute atomic E-state index is 15.1. The molecule has 3 N–H and O–H groups in total. The molecule has 42 heavy (non-hydrogen) atoms. The van der Waals surface area contributed by atoms with E-state index in [9.17, 15) is 19.3 Å². The first-order chi connectivity index (χ1) is 20.3. The molecule has 0 saturated carbocycles. The number of carbonyl (C=O) groups is 2. The number of fused-ring (bicyclic) bond motifs is 4. The smallest absolute Gasteiger partial charge is 0.293 e. The summed E-state index contributed by atoms with van der Waals surface area (Å²) in [4.78, 5) is 40.8. The van der Waals surface area contributed by atoms with E-state index in [-0.39, 0.29) is 23.5 Å². The van der Waals surface area contributed by atoms with E-state index in [1.807, 2.05) is 42.5 Å². The van der Waals surface area contributed by atoms with Crippen molar-refractivity contribution in [1.82, 2.24) is 5.32 Å². The second-order valence-electron chi connectivity index (χ2n) is 10.8. The number of hydrogen-bond donors (Lipinski definition) is 3. The van der Waals surface area contributed by atoms with Crippen LogP contribution in [-0.4, -0.2) is 30.3 Å². The number of amides is 1. The van der Waals surface area contributed by atoms with Crippen LogP contribution in [0.4, 0.5) is 21.5 Å². The largest absolute Gasteiger partial charge is 0.497 e. The van der Waals surface area contributed by atoms with Crippen LogP contribution >= 0.6 is 0 Å². The van der Waals surface area contributed by atoms with Gasteiger partial charge in [0, 0.05) is 41.4 Å². The first-order valence-electron chi connectivity index (χ1n) is 13.5. The molecular weight excluding hydrogens is 539 g/mol. The van der Waals surface area contributed by atoms with Crippen molar-refractivity contribution in [2.45, 2.75) is 17.5 Å². The molecule has 10 heteroatoms. The molecule has 0 aromatic heterocycles. The van der Waals surface area contributed by atoms with Gasteiger partial charge in [-0.3, -0.25) is 25.0 Å². The molecule has 3 heterocycles. The van der Waals surface area contributed by atoms with Gasteiger partial charge in [-0.1, -0.05) is 48.5 Å². The molecule has 1 amide bonds. The van der Waals surface area contributed by atoms with Gasteiger partial charge in [-0.25, -0.2) is 4.39 Å². The average molecular weight is 565 g/mol. The van der Waals surface area contributed by atoms with E-state index in [1.54, 1.807) is 19.2 Å². The quantitative estimate of drug-likeness (QED) is 0.227. The van der Waals surface area contributed by atoms with Crippen LogP contribution in [0.15, 0.2) is 91.0 Å². The molecule has 4 atom stereocenters. The number of carbonyl (C=O) groups excluding carboxylic acids is 2. The number of rotatable bonds is 4. The number of nitro groups is 1. The molecular formula is C32H25FN4O5. The zero-order valence-corrected chi connectivity index (χ0v) is 22.4. The molecule has 3 aliphatic heterocycles. The van der Waals surface area contributed by atoms with Crippen LogP contribution in [0.1, 0.15) is 39.0 Å². The van der Waals surface area contributed by atoms with Crippen molar-refractivity contribution in [3.05, 3.63) is 129 Å². The SMILES string of the molecule is COc1ccc([C@H]2[C@H](c3ccccc3)N[C@@]3(C(=O)Nc4ccc(F)cc43)[C@@]23CNc2c(cccc2[N+](=O)[O-])C3=O)cc1. The highest BCUT2D eigenvalue weighted by molar-refractivity contribution is 6.17. The number of nitrogens with one attached hydrogen (secondary N) is 3. The van der Waals surface area contributed by atoms with Gasteiger partial charge < -0.3 is 15.4 Å². The molecule has 0 bridgehead atoms. The van der Waals surface area contributed by atoms with Crippen molar-refractivity contribution in [3.8, 4) is 5.75 Å². The van der Waals surface area contributed by atoms with Crippen LogP contribution in [0.25, 0.3) is 0 Å². The normalized spacial score (nSPS) is 25.6. The molecule has 9 nitrogen and oxygen atoms in total. The lowest BCUT2D eigenvalue weighted by Crippen LogP contribution is -2.62. The minimum absolute atomic E-state index is 0.0986. The Bertz CT molecular complexity index is 1780. The van der Waals surface area contributed by atoms with Crippen LogP contribution in [0.3, 0.4) is 0 Å². The number of nitro benzene ring substituents is 1. The van der Waals surface area contributed by atoms with Crippen molar-refractivity contribution in [2.24, 2.45) is 5.41 Å². The molecule has 3 aliphatic rings. The van der Waals surface area contributed by atoms with Crippen molar-refractivity contribution >= 4 is 28.8 Å². The molecule has 1 fully saturated rings. The lowest BCUT2D eigenvalue weighted by atomic mass is 9.55. The number of para-hydroxylation sites is 1. The van der Waals surface area contributed by atoms with E-state index in [2.05, 4.69) is 16.0 Å². The van der Waals surface area contributed by atoms with Gasteiger partial charge >= 0.3 is 0 Å². The Morgan fingerprint density at radius 2 is 1.71 bits per heavy atom. The molecule has 4 aromatic carbocycles. The highest BCUT2D eigenvalue weighted by atomic mass is 19.1. The van der Waals surface area contributed by atoms with Crippen LogP contribution in [-0.2, 0) is 10.3 Å². The number of halogens is 1. The summed E-state index contributed by atoms with van der Waals surface area (Å²) in [5, 5.41) is 21.5. The van der Waals surface area contributed by atoms with Crippen LogP contribution in [0, 0.1) is 21.3 Å². The molecule has 210 valence electrons. The monoisotopic (exact) mass is 564 g/mol. The molecule has 0 unspecified atom stereocenters. The number of anilines is 2. The van der Waals surface area contributed by atoms with Gasteiger partial charge in [-0.05, 0) is 47.5 Å². The van der Waals surface area contributed by atoms with Crippen LogP contribution in [0.2, 0.25) is 0 Å². The number of hydrogen-bond acceptors (Lipinski definition) is 7. The molecule has 2 spiro atoms. The van der Waals surface area contributed by atoms with E-state index in [0.29, 0.717) is 17.0 Å². The second-order valence-corrected chi connectivity index (χ2v) is 10.8. The summed E-state index contributed by atoms with van der Waals surface area (Å²) >= 11 is 0. The summed E-state index contributed by atoms with van der Waals surface area (Å²) in [5.74, 6) is -1.55. The highest BCUT2D eigenvalue weighted by Gasteiger charge is 2.75. The zero-order chi connectivity index (χ0) is 29.2. The Morgan fingerprint density at radius 3 is 2.43 bits per heavy atom. The molecule has 4 aromatic rings. The van der Waals surface area contributed by atoms with Crippen molar-refractivity contribution < 1.29 is 23.6 Å². The lowest BCUT2D eigenvalue weighted by molar-refractivity contribution is -0.384. The highest BCUT2D eigenvalue weighted by Crippen LogP contribution is 2.66. The van der Waals surface area contributed by atoms with E-state index in [1.165, 1.54) is 36.4 Å². The summed E-state index contributed by atoms with van der Waals surface area (Å²) in [7, 11) is 1.56. The number of benzene rings is 4. The van der Waals surface area contributed by atoms with E-state index < -0.39 is 45.3 Å². The fourth-order valence-corrected chi connectivity index (χ4v) is 7.22.